The molecule has 1 atom stereocenters. The molecule has 0 saturated carbocycles. The quantitative estimate of drug-likeness (QED) is 0.635. The normalized spacial score (nSPS) is 13.3. The summed E-state index contributed by atoms with van der Waals surface area (Å²) in [6.07, 6.45) is 2.46. The summed E-state index contributed by atoms with van der Waals surface area (Å²) in [4.78, 5) is 2.45. The van der Waals surface area contributed by atoms with Crippen molar-refractivity contribution in [2.24, 2.45) is 0 Å². The summed E-state index contributed by atoms with van der Waals surface area (Å²) in [7, 11) is 2.22. The van der Waals surface area contributed by atoms with Crippen LogP contribution >= 0.6 is 0 Å². The lowest BCUT2D eigenvalue weighted by atomic mass is 9.89. The third-order valence-corrected chi connectivity index (χ3v) is 4.85. The summed E-state index contributed by atoms with van der Waals surface area (Å²) < 4.78 is 0. The van der Waals surface area contributed by atoms with E-state index in [4.69, 9.17) is 0 Å². The highest BCUT2D eigenvalue weighted by Crippen LogP contribution is 2.31. The standard InChI is InChI=1S/C22H31N/c1-18(12-11-17-23(5)22(2,3)4)20-15-9-10-16-21(20)19-13-7-6-8-14-19/h6-10,13-16,18H,11-12,17H2,1-5H3. The molecule has 1 heteroatoms. The van der Waals surface area contributed by atoms with Crippen molar-refractivity contribution >= 4 is 0 Å². The van der Waals surface area contributed by atoms with Crippen molar-refractivity contribution in [1.82, 2.24) is 4.90 Å². The third-order valence-electron chi connectivity index (χ3n) is 4.85. The van der Waals surface area contributed by atoms with Crippen molar-refractivity contribution in [2.75, 3.05) is 13.6 Å². The molecular weight excluding hydrogens is 278 g/mol. The molecule has 0 fully saturated rings. The average Bonchev–Trinajstić information content (AvgIpc) is 2.54. The van der Waals surface area contributed by atoms with Crippen LogP contribution in [0.3, 0.4) is 0 Å². The smallest absolute Gasteiger partial charge is 0.0122 e. The fourth-order valence-corrected chi connectivity index (χ4v) is 2.93. The summed E-state index contributed by atoms with van der Waals surface area (Å²) in [6, 6.07) is 19.6. The first kappa shape index (κ1) is 17.7. The van der Waals surface area contributed by atoms with Gasteiger partial charge in [0.05, 0.1) is 0 Å². The number of hydrogen-bond acceptors (Lipinski definition) is 1. The number of benzene rings is 2. The lowest BCUT2D eigenvalue weighted by Crippen LogP contribution is -2.38. The van der Waals surface area contributed by atoms with Gasteiger partial charge in [-0.1, -0.05) is 61.5 Å². The van der Waals surface area contributed by atoms with E-state index < -0.39 is 0 Å². The summed E-state index contributed by atoms with van der Waals surface area (Å²) in [5.74, 6) is 0.583. The Bertz CT molecular complexity index is 595. The highest BCUT2D eigenvalue weighted by Gasteiger charge is 2.17. The molecule has 0 amide bonds. The Morgan fingerprint density at radius 1 is 0.913 bits per heavy atom. The maximum atomic E-state index is 2.45. The minimum absolute atomic E-state index is 0.255. The molecule has 124 valence electrons. The molecule has 0 saturated heterocycles. The number of nitrogens with zero attached hydrogens (tertiary/aromatic N) is 1. The summed E-state index contributed by atoms with van der Waals surface area (Å²) in [5, 5.41) is 0. The number of hydrogen-bond donors (Lipinski definition) is 0. The van der Waals surface area contributed by atoms with Crippen LogP contribution in [0, 0.1) is 0 Å². The van der Waals surface area contributed by atoms with Gasteiger partial charge in [0.25, 0.3) is 0 Å². The van der Waals surface area contributed by atoms with E-state index >= 15 is 0 Å². The van der Waals surface area contributed by atoms with Crippen molar-refractivity contribution < 1.29 is 0 Å². The Balaban J connectivity index is 2.05. The van der Waals surface area contributed by atoms with Crippen molar-refractivity contribution in [3.8, 4) is 11.1 Å². The minimum atomic E-state index is 0.255. The Kier molecular flexibility index (Phi) is 6.01. The van der Waals surface area contributed by atoms with Gasteiger partial charge in [-0.3, -0.25) is 0 Å². The first-order valence-electron chi connectivity index (χ1n) is 8.75. The second-order valence-corrected chi connectivity index (χ2v) is 7.59. The van der Waals surface area contributed by atoms with Gasteiger partial charge in [0, 0.05) is 5.54 Å². The molecular formula is C22H31N. The minimum Gasteiger partial charge on any atom is -0.302 e. The molecule has 0 aromatic heterocycles. The molecule has 1 nitrogen and oxygen atoms in total. The lowest BCUT2D eigenvalue weighted by Gasteiger charge is -2.32. The highest BCUT2D eigenvalue weighted by molar-refractivity contribution is 5.67. The van der Waals surface area contributed by atoms with Crippen LogP contribution in [0.25, 0.3) is 11.1 Å². The monoisotopic (exact) mass is 309 g/mol. The zero-order chi connectivity index (χ0) is 16.9. The van der Waals surface area contributed by atoms with Crippen molar-refractivity contribution in [2.45, 2.75) is 52.0 Å². The van der Waals surface area contributed by atoms with E-state index in [1.807, 2.05) is 0 Å². The maximum Gasteiger partial charge on any atom is 0.0122 e. The van der Waals surface area contributed by atoms with Gasteiger partial charge < -0.3 is 4.90 Å². The van der Waals surface area contributed by atoms with Crippen LogP contribution < -0.4 is 0 Å². The van der Waals surface area contributed by atoms with Gasteiger partial charge in [-0.15, -0.1) is 0 Å². The Morgan fingerprint density at radius 3 is 2.17 bits per heavy atom. The molecule has 0 aliphatic rings. The molecule has 0 bridgehead atoms. The molecule has 0 radical (unpaired) electrons. The van der Waals surface area contributed by atoms with E-state index in [1.54, 1.807) is 0 Å². The molecule has 0 heterocycles. The Labute approximate surface area is 142 Å². The second kappa shape index (κ2) is 7.79. The Hall–Kier alpha value is -1.60. The molecule has 0 aliphatic heterocycles. The molecule has 2 aromatic carbocycles. The topological polar surface area (TPSA) is 3.24 Å². The molecule has 0 spiro atoms. The van der Waals surface area contributed by atoms with Crippen LogP contribution in [-0.2, 0) is 0 Å². The zero-order valence-electron chi connectivity index (χ0n) is 15.3. The molecule has 23 heavy (non-hydrogen) atoms. The zero-order valence-corrected chi connectivity index (χ0v) is 15.3. The van der Waals surface area contributed by atoms with Gasteiger partial charge >= 0.3 is 0 Å². The van der Waals surface area contributed by atoms with E-state index in [-0.39, 0.29) is 5.54 Å². The van der Waals surface area contributed by atoms with Crippen molar-refractivity contribution in [1.29, 1.82) is 0 Å². The third kappa shape index (κ3) is 4.94. The van der Waals surface area contributed by atoms with Gasteiger partial charge in [0.1, 0.15) is 0 Å². The van der Waals surface area contributed by atoms with E-state index in [9.17, 15) is 0 Å². The first-order chi connectivity index (χ1) is 10.9. The maximum absolute atomic E-state index is 2.45. The van der Waals surface area contributed by atoms with Crippen molar-refractivity contribution in [3.05, 3.63) is 60.2 Å². The first-order valence-corrected chi connectivity index (χ1v) is 8.75. The van der Waals surface area contributed by atoms with Crippen LogP contribution in [-0.4, -0.2) is 24.0 Å². The predicted octanol–water partition coefficient (Wildman–Crippen LogP) is 5.97. The lowest BCUT2D eigenvalue weighted by molar-refractivity contribution is 0.172. The molecule has 0 aliphatic carbocycles. The summed E-state index contributed by atoms with van der Waals surface area (Å²) in [5.41, 5.74) is 4.43. The van der Waals surface area contributed by atoms with E-state index in [0.717, 1.165) is 6.54 Å². The predicted molar refractivity (Wildman–Crippen MR) is 102 cm³/mol. The van der Waals surface area contributed by atoms with Crippen LogP contribution in [0.5, 0.6) is 0 Å². The molecule has 2 aromatic rings. The van der Waals surface area contributed by atoms with Gasteiger partial charge in [0.2, 0.25) is 0 Å². The van der Waals surface area contributed by atoms with Gasteiger partial charge in [-0.25, -0.2) is 0 Å². The Morgan fingerprint density at radius 2 is 1.52 bits per heavy atom. The van der Waals surface area contributed by atoms with Crippen LogP contribution in [0.15, 0.2) is 54.6 Å². The van der Waals surface area contributed by atoms with E-state index in [1.165, 1.54) is 29.5 Å². The van der Waals surface area contributed by atoms with Crippen LogP contribution in [0.1, 0.15) is 52.0 Å². The van der Waals surface area contributed by atoms with E-state index in [0.29, 0.717) is 5.92 Å². The molecule has 0 N–H and O–H groups in total. The molecule has 1 unspecified atom stereocenters. The van der Waals surface area contributed by atoms with Crippen LogP contribution in [0.2, 0.25) is 0 Å². The molecule has 2 rings (SSSR count). The van der Waals surface area contributed by atoms with E-state index in [2.05, 4.69) is 94.2 Å². The number of rotatable bonds is 6. The second-order valence-electron chi connectivity index (χ2n) is 7.59. The largest absolute Gasteiger partial charge is 0.302 e. The van der Waals surface area contributed by atoms with Gasteiger partial charge in [-0.05, 0) is 69.8 Å². The summed E-state index contributed by atoms with van der Waals surface area (Å²) in [6.45, 7) is 10.4. The average molecular weight is 309 g/mol. The highest BCUT2D eigenvalue weighted by atomic mass is 15.1. The fourth-order valence-electron chi connectivity index (χ4n) is 2.93. The van der Waals surface area contributed by atoms with Crippen LogP contribution in [0.4, 0.5) is 0 Å². The fraction of sp³-hybridized carbons (Fsp3) is 0.455. The van der Waals surface area contributed by atoms with Gasteiger partial charge in [0.15, 0.2) is 0 Å². The van der Waals surface area contributed by atoms with Gasteiger partial charge in [-0.2, -0.15) is 0 Å². The summed E-state index contributed by atoms with van der Waals surface area (Å²) >= 11 is 0. The van der Waals surface area contributed by atoms with Crippen molar-refractivity contribution in [3.63, 3.8) is 0 Å². The SMILES string of the molecule is CC(CCCN(C)C(C)(C)C)c1ccccc1-c1ccccc1.